The molecule has 0 unspecified atom stereocenters. The Morgan fingerprint density at radius 2 is 1.41 bits per heavy atom. The lowest BCUT2D eigenvalue weighted by Crippen LogP contribution is -2.38. The highest BCUT2D eigenvalue weighted by molar-refractivity contribution is 5.97. The number of carbonyl (C=O) groups is 1. The average Bonchev–Trinajstić information content (AvgIpc) is 3.56. The van der Waals surface area contributed by atoms with Gasteiger partial charge in [-0.15, -0.1) is 37.2 Å². The summed E-state index contributed by atoms with van der Waals surface area (Å²) in [6.45, 7) is 2.51. The Morgan fingerprint density at radius 3 is 2.07 bits per heavy atom. The number of hydrogen-bond donors (Lipinski definition) is 2. The van der Waals surface area contributed by atoms with E-state index < -0.39 is 0 Å². The molecule has 0 bridgehead atoms. The van der Waals surface area contributed by atoms with Crippen LogP contribution in [0.15, 0.2) is 146 Å². The van der Waals surface area contributed by atoms with Crippen LogP contribution in [0.25, 0.3) is 21.8 Å². The molecule has 10 heteroatoms. The molecule has 0 atom stereocenters. The molecule has 0 spiro atoms. The topological polar surface area (TPSA) is 91.2 Å². The number of nitrogens with one attached hydrogen (secondary N) is 1. The van der Waals surface area contributed by atoms with Gasteiger partial charge < -0.3 is 15.2 Å². The van der Waals surface area contributed by atoms with E-state index in [1.165, 1.54) is 27.5 Å². The summed E-state index contributed by atoms with van der Waals surface area (Å²) in [5.74, 6) is 1.72. The molecule has 0 radical (unpaired) electrons. The molecule has 7 nitrogen and oxygen atoms in total. The molecule has 1 aliphatic heterocycles. The van der Waals surface area contributed by atoms with E-state index in [1.54, 1.807) is 0 Å². The van der Waals surface area contributed by atoms with Crippen molar-refractivity contribution in [3.8, 4) is 0 Å². The van der Waals surface area contributed by atoms with Crippen LogP contribution in [-0.2, 0) is 31.2 Å². The number of likely N-dealkylation sites (tertiary alicyclic amines) is 1. The number of nitrogens with two attached hydrogens (primary N) is 1. The lowest BCUT2D eigenvalue weighted by molar-refractivity contribution is -0.119. The molecule has 0 saturated carbocycles. The number of anilines is 1. The Kier molecular flexibility index (Phi) is 15.7. The summed E-state index contributed by atoms with van der Waals surface area (Å²) >= 11 is 0. The number of hydrogen-bond acceptors (Lipinski definition) is 4. The second-order valence-electron chi connectivity index (χ2n) is 15.2. The summed E-state index contributed by atoms with van der Waals surface area (Å²) in [6.07, 6.45) is 5.14. The van der Waals surface area contributed by atoms with Crippen molar-refractivity contribution in [3.63, 3.8) is 0 Å². The van der Waals surface area contributed by atoms with E-state index in [0.29, 0.717) is 18.9 Å². The van der Waals surface area contributed by atoms with E-state index in [0.717, 1.165) is 78.9 Å². The maximum atomic E-state index is 14.5. The van der Waals surface area contributed by atoms with Gasteiger partial charge in [0.05, 0.1) is 23.6 Å². The van der Waals surface area contributed by atoms with Gasteiger partial charge in [-0.2, -0.15) is 0 Å². The van der Waals surface area contributed by atoms with Gasteiger partial charge in [0.15, 0.2) is 0 Å². The summed E-state index contributed by atoms with van der Waals surface area (Å²) in [5, 5.41) is 10.0. The van der Waals surface area contributed by atoms with Gasteiger partial charge in [-0.1, -0.05) is 127 Å². The lowest BCUT2D eigenvalue weighted by atomic mass is 9.88. The Morgan fingerprint density at radius 1 is 0.780 bits per heavy atom. The minimum atomic E-state index is 0. The molecule has 59 heavy (non-hydrogen) atoms. The first-order valence-corrected chi connectivity index (χ1v) is 19.9. The number of amidine groups is 1. The molecular formula is C49H53Cl3N6O. The summed E-state index contributed by atoms with van der Waals surface area (Å²) in [4.78, 5) is 24.2. The molecule has 1 saturated heterocycles. The third kappa shape index (κ3) is 10.3. The first-order chi connectivity index (χ1) is 27.4. The highest BCUT2D eigenvalue weighted by Gasteiger charge is 2.28. The molecule has 1 amide bonds. The predicted octanol–water partition coefficient (Wildman–Crippen LogP) is 10.9. The van der Waals surface area contributed by atoms with E-state index in [9.17, 15) is 4.79 Å². The molecule has 2 heterocycles. The van der Waals surface area contributed by atoms with Crippen LogP contribution in [0.1, 0.15) is 65.4 Å². The number of halogens is 3. The summed E-state index contributed by atoms with van der Waals surface area (Å²) in [6, 6.07) is 50.9. The third-order valence-corrected chi connectivity index (χ3v) is 11.7. The standard InChI is InChI=1S/C49H50N6O.3ClH/c1-53-45-26-25-42(33-44(45)52-46(53)27-21-35-19-23-40(24-20-35)49(50)51)55(34-41-17-10-16-37-11-8-9-18-43(37)41)47(56)28-22-36-29-31-54(32-30-36)48(38-12-4-2-5-13-38)39-14-6-3-7-15-39;;;/h2-20,23-26,33,36,48H,21-22,27-32,34H2,1H3,(H3,50,51);3*1H. The number of piperidine rings is 1. The summed E-state index contributed by atoms with van der Waals surface area (Å²) in [5.41, 5.74) is 14.2. The van der Waals surface area contributed by atoms with Crippen LogP contribution in [0.4, 0.5) is 5.69 Å². The number of rotatable bonds is 13. The van der Waals surface area contributed by atoms with Crippen molar-refractivity contribution in [1.82, 2.24) is 14.5 Å². The van der Waals surface area contributed by atoms with Crippen LogP contribution in [0.3, 0.4) is 0 Å². The van der Waals surface area contributed by atoms with Gasteiger partial charge in [0.2, 0.25) is 5.91 Å². The molecule has 1 fully saturated rings. The molecule has 8 rings (SSSR count). The number of benzene rings is 6. The maximum Gasteiger partial charge on any atom is 0.227 e. The van der Waals surface area contributed by atoms with Gasteiger partial charge >= 0.3 is 0 Å². The van der Waals surface area contributed by atoms with E-state index in [-0.39, 0.29) is 55.0 Å². The molecule has 306 valence electrons. The Bertz CT molecular complexity index is 2400. The zero-order valence-electron chi connectivity index (χ0n) is 33.4. The van der Waals surface area contributed by atoms with E-state index in [2.05, 4.69) is 138 Å². The lowest BCUT2D eigenvalue weighted by Gasteiger charge is -2.38. The largest absolute Gasteiger partial charge is 0.384 e. The number of nitrogens with zero attached hydrogens (tertiary/aromatic N) is 4. The van der Waals surface area contributed by atoms with Crippen molar-refractivity contribution in [3.05, 3.63) is 179 Å². The normalized spacial score (nSPS) is 13.1. The molecule has 1 aliphatic rings. The van der Waals surface area contributed by atoms with Crippen molar-refractivity contribution in [2.24, 2.45) is 18.7 Å². The molecular weight excluding hydrogens is 795 g/mol. The van der Waals surface area contributed by atoms with Gasteiger partial charge in [-0.3, -0.25) is 15.1 Å². The second-order valence-corrected chi connectivity index (χ2v) is 15.2. The van der Waals surface area contributed by atoms with Crippen LogP contribution in [-0.4, -0.2) is 39.3 Å². The van der Waals surface area contributed by atoms with E-state index in [4.69, 9.17) is 16.1 Å². The van der Waals surface area contributed by atoms with Gasteiger partial charge in [0, 0.05) is 31.1 Å². The molecule has 3 N–H and O–H groups in total. The Hall–Kier alpha value is -5.18. The number of carbonyl (C=O) groups excluding carboxylic acids is 1. The quantitative estimate of drug-likeness (QED) is 0.0893. The SMILES string of the molecule is Cl.Cl.Cl.Cn1c(CCc2ccc(C(=N)N)cc2)nc2cc(N(Cc3cccc4ccccc34)C(=O)CCC3CCN(C(c4ccccc4)c4ccccc4)CC3)ccc21. The predicted molar refractivity (Wildman–Crippen MR) is 251 cm³/mol. The number of imidazole rings is 1. The second kappa shape index (κ2) is 20.7. The van der Waals surface area contributed by atoms with Crippen molar-refractivity contribution < 1.29 is 4.79 Å². The number of aromatic nitrogens is 2. The minimum Gasteiger partial charge on any atom is -0.384 e. The van der Waals surface area contributed by atoms with Gasteiger partial charge in [-0.05, 0) is 95.9 Å². The van der Waals surface area contributed by atoms with Gasteiger partial charge in [0.25, 0.3) is 0 Å². The van der Waals surface area contributed by atoms with Crippen molar-refractivity contribution in [2.45, 2.75) is 51.1 Å². The Labute approximate surface area is 366 Å². The zero-order chi connectivity index (χ0) is 38.4. The fourth-order valence-corrected chi connectivity index (χ4v) is 8.51. The minimum absolute atomic E-state index is 0. The van der Waals surface area contributed by atoms with Crippen molar-refractivity contribution in [2.75, 3.05) is 18.0 Å². The number of amides is 1. The van der Waals surface area contributed by atoms with Crippen LogP contribution in [0, 0.1) is 11.3 Å². The average molecular weight is 848 g/mol. The van der Waals surface area contributed by atoms with Crippen molar-refractivity contribution in [1.29, 1.82) is 5.41 Å². The number of aryl methyl sites for hydroxylation is 3. The van der Waals surface area contributed by atoms with E-state index in [1.807, 2.05) is 29.2 Å². The monoisotopic (exact) mass is 846 g/mol. The summed E-state index contributed by atoms with van der Waals surface area (Å²) < 4.78 is 2.16. The van der Waals surface area contributed by atoms with E-state index >= 15 is 0 Å². The summed E-state index contributed by atoms with van der Waals surface area (Å²) in [7, 11) is 2.06. The van der Waals surface area contributed by atoms with Crippen LogP contribution in [0.5, 0.6) is 0 Å². The first kappa shape index (κ1) is 44.9. The fraction of sp³-hybridized carbons (Fsp3) is 0.245. The maximum absolute atomic E-state index is 14.5. The smallest absolute Gasteiger partial charge is 0.227 e. The highest BCUT2D eigenvalue weighted by atomic mass is 35.5. The third-order valence-electron chi connectivity index (χ3n) is 11.7. The molecule has 0 aliphatic carbocycles. The van der Waals surface area contributed by atoms with Crippen LogP contribution >= 0.6 is 37.2 Å². The Balaban J connectivity index is 0.00000220. The zero-order valence-corrected chi connectivity index (χ0v) is 35.8. The van der Waals surface area contributed by atoms with Crippen LogP contribution in [0.2, 0.25) is 0 Å². The molecule has 1 aromatic heterocycles. The van der Waals surface area contributed by atoms with Crippen LogP contribution < -0.4 is 10.6 Å². The number of nitrogen functional groups attached to an aromatic ring is 1. The fourth-order valence-electron chi connectivity index (χ4n) is 8.51. The molecule has 6 aromatic carbocycles. The highest BCUT2D eigenvalue weighted by Crippen LogP contribution is 2.34. The van der Waals surface area contributed by atoms with Gasteiger partial charge in [-0.25, -0.2) is 4.98 Å². The molecule has 7 aromatic rings. The van der Waals surface area contributed by atoms with Gasteiger partial charge in [0.1, 0.15) is 11.7 Å². The first-order valence-electron chi connectivity index (χ1n) is 19.9. The number of fused-ring (bicyclic) bond motifs is 2. The van der Waals surface area contributed by atoms with Crippen molar-refractivity contribution >= 4 is 76.5 Å².